The highest BCUT2D eigenvalue weighted by molar-refractivity contribution is 5.97. The van der Waals surface area contributed by atoms with E-state index in [-0.39, 0.29) is 28.6 Å². The topological polar surface area (TPSA) is 102 Å². The molecule has 0 saturated carbocycles. The highest BCUT2D eigenvalue weighted by Crippen LogP contribution is 2.33. The van der Waals surface area contributed by atoms with Gasteiger partial charge in [0.2, 0.25) is 0 Å². The Bertz CT molecular complexity index is 1040. The quantitative estimate of drug-likeness (QED) is 0.544. The van der Waals surface area contributed by atoms with Crippen LogP contribution in [-0.4, -0.2) is 23.0 Å². The number of nitrogen functional groups attached to an aromatic ring is 1. The largest absolute Gasteiger partial charge is 0.465 e. The van der Waals surface area contributed by atoms with Gasteiger partial charge in [0.15, 0.2) is 11.6 Å². The predicted molar refractivity (Wildman–Crippen MR) is 102 cm³/mol. The molecule has 0 aliphatic rings. The normalized spacial score (nSPS) is 11.0. The van der Waals surface area contributed by atoms with Gasteiger partial charge in [0.25, 0.3) is 0 Å². The highest BCUT2D eigenvalue weighted by Gasteiger charge is 2.30. The maximum absolute atomic E-state index is 12.9. The second-order valence-corrected chi connectivity index (χ2v) is 5.85. The summed E-state index contributed by atoms with van der Waals surface area (Å²) in [5.41, 5.74) is 6.15. The van der Waals surface area contributed by atoms with Crippen molar-refractivity contribution in [1.82, 2.24) is 9.97 Å². The molecule has 0 aliphatic carbocycles. The Hall–Kier alpha value is -3.82. The summed E-state index contributed by atoms with van der Waals surface area (Å²) < 4.78 is 43.4. The van der Waals surface area contributed by atoms with E-state index in [9.17, 15) is 18.0 Å². The third kappa shape index (κ3) is 4.54. The molecule has 3 rings (SSSR count). The molecule has 0 aliphatic heterocycles. The molecule has 10 heteroatoms. The molecule has 4 N–H and O–H groups in total. The fourth-order valence-corrected chi connectivity index (χ4v) is 2.51. The number of rotatable bonds is 5. The van der Waals surface area contributed by atoms with Crippen molar-refractivity contribution < 1.29 is 22.7 Å². The van der Waals surface area contributed by atoms with Crippen LogP contribution in [0.1, 0.15) is 15.9 Å². The number of nitrogens with zero attached hydrogens (tertiary/aromatic N) is 2. The van der Waals surface area contributed by atoms with Crippen molar-refractivity contribution in [1.29, 1.82) is 0 Å². The van der Waals surface area contributed by atoms with Crippen LogP contribution >= 0.6 is 0 Å². The molecule has 0 radical (unpaired) electrons. The van der Waals surface area contributed by atoms with Crippen LogP contribution in [0.25, 0.3) is 0 Å². The molecule has 0 spiro atoms. The van der Waals surface area contributed by atoms with Gasteiger partial charge in [-0.05, 0) is 30.3 Å². The lowest BCUT2D eigenvalue weighted by atomic mass is 10.1. The van der Waals surface area contributed by atoms with Crippen LogP contribution in [0.3, 0.4) is 0 Å². The Labute approximate surface area is 163 Å². The maximum Gasteiger partial charge on any atom is 0.416 e. The van der Waals surface area contributed by atoms with Crippen molar-refractivity contribution >= 4 is 34.7 Å². The zero-order valence-corrected chi connectivity index (χ0v) is 15.1. The van der Waals surface area contributed by atoms with Crippen molar-refractivity contribution in [3.8, 4) is 0 Å². The maximum atomic E-state index is 12.9. The van der Waals surface area contributed by atoms with Gasteiger partial charge >= 0.3 is 12.1 Å². The van der Waals surface area contributed by atoms with Crippen LogP contribution in [0.2, 0.25) is 0 Å². The Kier molecular flexibility index (Phi) is 5.53. The number of alkyl halides is 3. The van der Waals surface area contributed by atoms with Crippen LogP contribution in [0.15, 0.2) is 54.9 Å². The van der Waals surface area contributed by atoms with E-state index in [1.165, 1.54) is 25.6 Å². The lowest BCUT2D eigenvalue weighted by molar-refractivity contribution is -0.137. The molecular formula is C19H16F3N5O2. The minimum Gasteiger partial charge on any atom is -0.465 e. The standard InChI is InChI=1S/C19H16F3N5O2/c1-29-18(28)13-7-2-3-8-14(13)27-17-15(23)16(24-10-25-17)26-12-6-4-5-11(9-12)19(20,21)22/h2-10H,23H2,1H3,(H2,24,25,26,27). The number of hydrogen-bond acceptors (Lipinski definition) is 7. The monoisotopic (exact) mass is 403 g/mol. The van der Waals surface area contributed by atoms with Gasteiger partial charge in [-0.1, -0.05) is 18.2 Å². The second-order valence-electron chi connectivity index (χ2n) is 5.85. The lowest BCUT2D eigenvalue weighted by Gasteiger charge is -2.15. The molecule has 2 aromatic carbocycles. The first-order valence-electron chi connectivity index (χ1n) is 8.28. The third-order valence-corrected chi connectivity index (χ3v) is 3.92. The molecule has 7 nitrogen and oxygen atoms in total. The molecule has 150 valence electrons. The number of methoxy groups -OCH3 is 1. The fourth-order valence-electron chi connectivity index (χ4n) is 2.51. The van der Waals surface area contributed by atoms with E-state index in [0.717, 1.165) is 12.1 Å². The molecule has 0 fully saturated rings. The number of benzene rings is 2. The summed E-state index contributed by atoms with van der Waals surface area (Å²) in [6.07, 6.45) is -3.28. The number of carbonyl (C=O) groups is 1. The van der Waals surface area contributed by atoms with Gasteiger partial charge in [0.05, 0.1) is 23.9 Å². The number of halogens is 3. The Morgan fingerprint density at radius 1 is 1.03 bits per heavy atom. The van der Waals surface area contributed by atoms with E-state index in [2.05, 4.69) is 20.6 Å². The van der Waals surface area contributed by atoms with Crippen molar-refractivity contribution in [2.45, 2.75) is 6.18 Å². The van der Waals surface area contributed by atoms with Crippen LogP contribution in [-0.2, 0) is 10.9 Å². The smallest absolute Gasteiger partial charge is 0.416 e. The number of para-hydroxylation sites is 1. The van der Waals surface area contributed by atoms with Gasteiger partial charge in [-0.2, -0.15) is 13.2 Å². The van der Waals surface area contributed by atoms with Crippen molar-refractivity contribution in [3.63, 3.8) is 0 Å². The number of nitrogens with one attached hydrogen (secondary N) is 2. The SMILES string of the molecule is COC(=O)c1ccccc1Nc1ncnc(Nc2cccc(C(F)(F)F)c2)c1N. The molecule has 1 aromatic heterocycles. The average molecular weight is 403 g/mol. The molecule has 0 bridgehead atoms. The number of aromatic nitrogens is 2. The number of nitrogens with two attached hydrogens (primary N) is 1. The van der Waals surface area contributed by atoms with Crippen molar-refractivity contribution in [3.05, 3.63) is 66.0 Å². The van der Waals surface area contributed by atoms with Crippen molar-refractivity contribution in [2.75, 3.05) is 23.5 Å². The zero-order chi connectivity index (χ0) is 21.0. The van der Waals surface area contributed by atoms with Crippen LogP contribution in [0, 0.1) is 0 Å². The second kappa shape index (κ2) is 8.05. The van der Waals surface area contributed by atoms with Gasteiger partial charge in [0, 0.05) is 5.69 Å². The summed E-state index contributed by atoms with van der Waals surface area (Å²) in [5.74, 6) is -0.272. The lowest BCUT2D eigenvalue weighted by Crippen LogP contribution is -2.09. The van der Waals surface area contributed by atoms with Crippen molar-refractivity contribution in [2.24, 2.45) is 0 Å². The highest BCUT2D eigenvalue weighted by atomic mass is 19.4. The molecule has 29 heavy (non-hydrogen) atoms. The summed E-state index contributed by atoms with van der Waals surface area (Å²) in [4.78, 5) is 19.9. The van der Waals surface area contributed by atoms with Gasteiger partial charge in [0.1, 0.15) is 12.0 Å². The minimum atomic E-state index is -4.47. The Balaban J connectivity index is 1.89. The van der Waals surface area contributed by atoms with Gasteiger partial charge in [-0.15, -0.1) is 0 Å². The molecule has 3 aromatic rings. The summed E-state index contributed by atoms with van der Waals surface area (Å²) in [6.45, 7) is 0. The molecule has 1 heterocycles. The first kappa shape index (κ1) is 19.9. The van der Waals surface area contributed by atoms with E-state index in [1.807, 2.05) is 0 Å². The number of esters is 1. The van der Waals surface area contributed by atoms with E-state index < -0.39 is 17.7 Å². The molecular weight excluding hydrogens is 387 g/mol. The van der Waals surface area contributed by atoms with Gasteiger partial charge in [-0.3, -0.25) is 0 Å². The van der Waals surface area contributed by atoms with Gasteiger partial charge in [-0.25, -0.2) is 14.8 Å². The van der Waals surface area contributed by atoms with E-state index in [4.69, 9.17) is 10.5 Å². The van der Waals surface area contributed by atoms with Crippen LogP contribution in [0.4, 0.5) is 41.9 Å². The van der Waals surface area contributed by atoms with Crippen LogP contribution < -0.4 is 16.4 Å². The van der Waals surface area contributed by atoms with E-state index in [0.29, 0.717) is 5.69 Å². The summed E-state index contributed by atoms with van der Waals surface area (Å²) in [7, 11) is 1.26. The van der Waals surface area contributed by atoms with E-state index >= 15 is 0 Å². The number of carbonyl (C=O) groups excluding carboxylic acids is 1. The predicted octanol–water partition coefficient (Wildman–Crippen LogP) is 4.35. The van der Waals surface area contributed by atoms with E-state index in [1.54, 1.807) is 24.3 Å². The summed E-state index contributed by atoms with van der Waals surface area (Å²) in [6, 6.07) is 11.2. The minimum absolute atomic E-state index is 0.0598. The third-order valence-electron chi connectivity index (χ3n) is 3.92. The average Bonchev–Trinajstić information content (AvgIpc) is 2.70. The first-order chi connectivity index (χ1) is 13.8. The Morgan fingerprint density at radius 3 is 2.41 bits per heavy atom. The number of hydrogen-bond donors (Lipinski definition) is 3. The molecule has 0 saturated heterocycles. The first-order valence-corrected chi connectivity index (χ1v) is 8.28. The Morgan fingerprint density at radius 2 is 1.72 bits per heavy atom. The summed E-state index contributed by atoms with van der Waals surface area (Å²) in [5, 5.41) is 5.67. The number of ether oxygens (including phenoxy) is 1. The van der Waals surface area contributed by atoms with Gasteiger partial charge < -0.3 is 21.1 Å². The number of anilines is 5. The molecule has 0 atom stereocenters. The fraction of sp³-hybridized carbons (Fsp3) is 0.105. The summed E-state index contributed by atoms with van der Waals surface area (Å²) >= 11 is 0. The molecule has 0 unspecified atom stereocenters. The molecule has 0 amide bonds. The van der Waals surface area contributed by atoms with Crippen LogP contribution in [0.5, 0.6) is 0 Å². The zero-order valence-electron chi connectivity index (χ0n) is 15.1.